The zero-order valence-corrected chi connectivity index (χ0v) is 8.42. The molecule has 1 aromatic carbocycles. The zero-order chi connectivity index (χ0) is 10.2. The van der Waals surface area contributed by atoms with Gasteiger partial charge in [-0.1, -0.05) is 12.1 Å². The van der Waals surface area contributed by atoms with Gasteiger partial charge in [0.2, 0.25) is 0 Å². The summed E-state index contributed by atoms with van der Waals surface area (Å²) in [6, 6.07) is 7.85. The van der Waals surface area contributed by atoms with Crippen LogP contribution in [0.4, 0.5) is 4.39 Å². The fraction of sp³-hybridized carbons (Fsp3) is 0.455. The molecule has 0 amide bonds. The predicted octanol–water partition coefficient (Wildman–Crippen LogP) is 2.14. The molecule has 0 aliphatic heterocycles. The number of halogens is 1. The summed E-state index contributed by atoms with van der Waals surface area (Å²) in [6.07, 6.45) is 0.573. The summed E-state index contributed by atoms with van der Waals surface area (Å²) in [6.45, 7) is 1.22. The van der Waals surface area contributed by atoms with Crippen LogP contribution in [-0.4, -0.2) is 20.3 Å². The van der Waals surface area contributed by atoms with Gasteiger partial charge in [0.15, 0.2) is 0 Å². The van der Waals surface area contributed by atoms with Crippen molar-refractivity contribution >= 4 is 0 Å². The normalized spacial score (nSPS) is 10.1. The number of hydrogen-bond donors (Lipinski definition) is 1. The Kier molecular flexibility index (Phi) is 5.00. The van der Waals surface area contributed by atoms with Crippen LogP contribution >= 0.6 is 0 Å². The van der Waals surface area contributed by atoms with Gasteiger partial charge in [-0.15, -0.1) is 0 Å². The molecular formula is C11H16FNO. The van der Waals surface area contributed by atoms with Crippen molar-refractivity contribution < 1.29 is 9.13 Å². The molecule has 0 spiro atoms. The van der Waals surface area contributed by atoms with Crippen molar-refractivity contribution in [3.8, 4) is 5.75 Å². The second-order valence-corrected chi connectivity index (χ2v) is 3.07. The Morgan fingerprint density at radius 2 is 2.29 bits per heavy atom. The lowest BCUT2D eigenvalue weighted by Crippen LogP contribution is -2.15. The minimum atomic E-state index is -0.259. The Morgan fingerprint density at radius 1 is 1.43 bits per heavy atom. The summed E-state index contributed by atoms with van der Waals surface area (Å²) < 4.78 is 16.9. The first-order valence-electron chi connectivity index (χ1n) is 4.76. The van der Waals surface area contributed by atoms with Crippen LogP contribution in [0, 0.1) is 0 Å². The highest BCUT2D eigenvalue weighted by Gasteiger charge is 1.94. The molecule has 2 nitrogen and oxygen atoms in total. The lowest BCUT2D eigenvalue weighted by molar-refractivity contribution is 0.414. The van der Waals surface area contributed by atoms with Gasteiger partial charge in [-0.2, -0.15) is 0 Å². The van der Waals surface area contributed by atoms with E-state index in [2.05, 4.69) is 5.32 Å². The fourth-order valence-electron chi connectivity index (χ4n) is 1.21. The Morgan fingerprint density at radius 3 is 3.00 bits per heavy atom. The molecule has 0 bridgehead atoms. The molecule has 14 heavy (non-hydrogen) atoms. The van der Waals surface area contributed by atoms with Crippen LogP contribution in [0.5, 0.6) is 5.75 Å². The topological polar surface area (TPSA) is 21.3 Å². The Bertz CT molecular complexity index is 265. The number of methoxy groups -OCH3 is 1. The van der Waals surface area contributed by atoms with Crippen molar-refractivity contribution in [2.75, 3.05) is 20.3 Å². The molecule has 0 heterocycles. The van der Waals surface area contributed by atoms with Gasteiger partial charge in [0.1, 0.15) is 5.75 Å². The van der Waals surface area contributed by atoms with E-state index in [-0.39, 0.29) is 6.67 Å². The summed E-state index contributed by atoms with van der Waals surface area (Å²) in [7, 11) is 1.65. The van der Waals surface area contributed by atoms with Gasteiger partial charge in [0.25, 0.3) is 0 Å². The van der Waals surface area contributed by atoms with E-state index in [0.717, 1.165) is 17.9 Å². The van der Waals surface area contributed by atoms with Crippen LogP contribution in [0.1, 0.15) is 12.0 Å². The predicted molar refractivity (Wildman–Crippen MR) is 55.3 cm³/mol. The molecule has 0 atom stereocenters. The van der Waals surface area contributed by atoms with E-state index >= 15 is 0 Å². The maximum Gasteiger partial charge on any atom is 0.119 e. The Labute approximate surface area is 84.1 Å². The molecule has 0 aliphatic carbocycles. The van der Waals surface area contributed by atoms with Gasteiger partial charge in [-0.05, 0) is 30.7 Å². The van der Waals surface area contributed by atoms with Crippen LogP contribution in [0.15, 0.2) is 24.3 Å². The molecule has 0 fully saturated rings. The molecule has 1 aromatic rings. The lowest BCUT2D eigenvalue weighted by Gasteiger charge is -2.05. The number of rotatable bonds is 6. The van der Waals surface area contributed by atoms with Gasteiger partial charge in [0.05, 0.1) is 13.8 Å². The maximum absolute atomic E-state index is 11.8. The second kappa shape index (κ2) is 6.38. The monoisotopic (exact) mass is 197 g/mol. The van der Waals surface area contributed by atoms with E-state index in [9.17, 15) is 4.39 Å². The minimum absolute atomic E-state index is 0.259. The molecule has 78 valence electrons. The van der Waals surface area contributed by atoms with E-state index in [0.29, 0.717) is 13.0 Å². The van der Waals surface area contributed by atoms with E-state index in [4.69, 9.17) is 4.74 Å². The quantitative estimate of drug-likeness (QED) is 0.705. The number of nitrogens with one attached hydrogen (secondary N) is 1. The van der Waals surface area contributed by atoms with Crippen molar-refractivity contribution in [2.24, 2.45) is 0 Å². The summed E-state index contributed by atoms with van der Waals surface area (Å²) in [5.74, 6) is 0.856. The average Bonchev–Trinajstić information content (AvgIpc) is 2.25. The first-order chi connectivity index (χ1) is 6.86. The van der Waals surface area contributed by atoms with E-state index in [1.807, 2.05) is 24.3 Å². The first kappa shape index (κ1) is 11.0. The molecule has 0 saturated carbocycles. The third kappa shape index (κ3) is 3.75. The molecule has 0 aliphatic rings. The van der Waals surface area contributed by atoms with Gasteiger partial charge in [0, 0.05) is 6.54 Å². The Balaban J connectivity index is 2.34. The molecule has 0 radical (unpaired) electrons. The highest BCUT2D eigenvalue weighted by molar-refractivity contribution is 5.28. The van der Waals surface area contributed by atoms with Crippen LogP contribution in [0.2, 0.25) is 0 Å². The number of benzene rings is 1. The SMILES string of the molecule is COc1cccc(CNCCCF)c1. The molecule has 1 N–H and O–H groups in total. The smallest absolute Gasteiger partial charge is 0.119 e. The van der Waals surface area contributed by atoms with Crippen molar-refractivity contribution in [1.29, 1.82) is 0 Å². The highest BCUT2D eigenvalue weighted by Crippen LogP contribution is 2.11. The van der Waals surface area contributed by atoms with Crippen LogP contribution < -0.4 is 10.1 Å². The first-order valence-corrected chi connectivity index (χ1v) is 4.76. The second-order valence-electron chi connectivity index (χ2n) is 3.07. The summed E-state index contributed by atoms with van der Waals surface area (Å²) in [5, 5.41) is 3.16. The lowest BCUT2D eigenvalue weighted by atomic mass is 10.2. The summed E-state index contributed by atoms with van der Waals surface area (Å²) in [4.78, 5) is 0. The van der Waals surface area contributed by atoms with Crippen LogP contribution in [-0.2, 0) is 6.54 Å². The third-order valence-electron chi connectivity index (χ3n) is 1.95. The van der Waals surface area contributed by atoms with Crippen molar-refractivity contribution in [3.05, 3.63) is 29.8 Å². The number of alkyl halides is 1. The number of ether oxygens (including phenoxy) is 1. The molecule has 0 aromatic heterocycles. The average molecular weight is 197 g/mol. The van der Waals surface area contributed by atoms with Gasteiger partial charge < -0.3 is 10.1 Å². The molecule has 0 saturated heterocycles. The Hall–Kier alpha value is -1.09. The van der Waals surface area contributed by atoms with E-state index in [1.54, 1.807) is 7.11 Å². The summed E-state index contributed by atoms with van der Waals surface area (Å²) >= 11 is 0. The van der Waals surface area contributed by atoms with Crippen molar-refractivity contribution in [2.45, 2.75) is 13.0 Å². The minimum Gasteiger partial charge on any atom is -0.497 e. The van der Waals surface area contributed by atoms with Crippen LogP contribution in [0.25, 0.3) is 0 Å². The highest BCUT2D eigenvalue weighted by atomic mass is 19.1. The largest absolute Gasteiger partial charge is 0.497 e. The molecule has 1 rings (SSSR count). The number of hydrogen-bond acceptors (Lipinski definition) is 2. The van der Waals surface area contributed by atoms with Crippen LogP contribution in [0.3, 0.4) is 0 Å². The maximum atomic E-state index is 11.8. The van der Waals surface area contributed by atoms with Crippen molar-refractivity contribution in [1.82, 2.24) is 5.32 Å². The van der Waals surface area contributed by atoms with Gasteiger partial charge in [-0.25, -0.2) is 0 Å². The third-order valence-corrected chi connectivity index (χ3v) is 1.95. The zero-order valence-electron chi connectivity index (χ0n) is 8.42. The standard InChI is InChI=1S/C11H16FNO/c1-14-11-5-2-4-10(8-11)9-13-7-3-6-12/h2,4-5,8,13H,3,6-7,9H2,1H3. The van der Waals surface area contributed by atoms with E-state index < -0.39 is 0 Å². The fourth-order valence-corrected chi connectivity index (χ4v) is 1.21. The van der Waals surface area contributed by atoms with Gasteiger partial charge >= 0.3 is 0 Å². The molecular weight excluding hydrogens is 181 g/mol. The molecule has 3 heteroatoms. The molecule has 0 unspecified atom stereocenters. The summed E-state index contributed by atoms with van der Waals surface area (Å²) in [5.41, 5.74) is 1.16. The van der Waals surface area contributed by atoms with E-state index in [1.165, 1.54) is 0 Å². The van der Waals surface area contributed by atoms with Crippen molar-refractivity contribution in [3.63, 3.8) is 0 Å². The van der Waals surface area contributed by atoms with Gasteiger partial charge in [-0.3, -0.25) is 4.39 Å².